The lowest BCUT2D eigenvalue weighted by atomic mass is 9.85. The fourth-order valence-electron chi connectivity index (χ4n) is 4.55. The molecule has 1 fully saturated rings. The molecule has 1 amide bonds. The molecule has 1 heterocycles. The average molecular weight is 470 g/mol. The number of methoxy groups -OCH3 is 1. The Morgan fingerprint density at radius 2 is 1.82 bits per heavy atom. The van der Waals surface area contributed by atoms with Gasteiger partial charge in [0, 0.05) is 43.2 Å². The molecule has 3 aromatic rings. The lowest BCUT2D eigenvalue weighted by Gasteiger charge is -2.29. The smallest absolute Gasteiger partial charge is 0.240 e. The van der Waals surface area contributed by atoms with Crippen molar-refractivity contribution in [2.24, 2.45) is 13.0 Å². The van der Waals surface area contributed by atoms with Crippen molar-refractivity contribution in [2.45, 2.75) is 42.7 Å². The number of carbonyl (C=O) groups excluding carboxylic acids is 1. The van der Waals surface area contributed by atoms with Crippen molar-refractivity contribution in [3.63, 3.8) is 0 Å². The molecule has 2 aromatic carbocycles. The fraction of sp³-hybridized carbons (Fsp3) is 0.400. The number of fused-ring (bicyclic) bond motifs is 1. The quantitative estimate of drug-likeness (QED) is 0.528. The largest absolute Gasteiger partial charge is 0.382 e. The summed E-state index contributed by atoms with van der Waals surface area (Å²) in [7, 11) is -0.0673. The van der Waals surface area contributed by atoms with Gasteiger partial charge in [-0.2, -0.15) is 0 Å². The van der Waals surface area contributed by atoms with Gasteiger partial charge in [0.05, 0.1) is 17.5 Å². The van der Waals surface area contributed by atoms with Gasteiger partial charge in [-0.25, -0.2) is 13.1 Å². The van der Waals surface area contributed by atoms with E-state index in [4.69, 9.17) is 4.74 Å². The molecule has 4 rings (SSSR count). The molecule has 1 atom stereocenters. The summed E-state index contributed by atoms with van der Waals surface area (Å²) in [5, 5.41) is 4.00. The van der Waals surface area contributed by atoms with Crippen molar-refractivity contribution in [1.82, 2.24) is 14.6 Å². The number of hydrogen-bond acceptors (Lipinski definition) is 4. The molecular weight excluding hydrogens is 438 g/mol. The third-order valence-electron chi connectivity index (χ3n) is 6.44. The zero-order chi connectivity index (χ0) is 23.4. The van der Waals surface area contributed by atoms with Crippen LogP contribution in [0.4, 0.5) is 0 Å². The number of rotatable bonds is 8. The molecule has 0 radical (unpaired) electrons. The van der Waals surface area contributed by atoms with E-state index in [1.165, 1.54) is 0 Å². The fourth-order valence-corrected chi connectivity index (χ4v) is 5.89. The molecule has 0 spiro atoms. The first-order chi connectivity index (χ1) is 15.9. The van der Waals surface area contributed by atoms with Gasteiger partial charge in [0.2, 0.25) is 15.9 Å². The maximum absolute atomic E-state index is 12.9. The molecule has 0 saturated heterocycles. The Bertz CT molecular complexity index is 1200. The first-order valence-corrected chi connectivity index (χ1v) is 12.8. The monoisotopic (exact) mass is 469 g/mol. The average Bonchev–Trinajstić information content (AvgIpc) is 3.19. The van der Waals surface area contributed by atoms with Crippen LogP contribution >= 0.6 is 0 Å². The number of carbonyl (C=O) groups is 1. The third-order valence-corrected chi connectivity index (χ3v) is 7.96. The number of nitrogens with zero attached hydrogens (tertiary/aromatic N) is 1. The first kappa shape index (κ1) is 23.5. The second-order valence-corrected chi connectivity index (χ2v) is 10.5. The van der Waals surface area contributed by atoms with Crippen LogP contribution in [0, 0.1) is 5.92 Å². The zero-order valence-corrected chi connectivity index (χ0v) is 19.8. The SMILES string of the molecule is COC[C@@H](NC(=O)[C@H]1CC[C@H](NS(=O)(=O)c2ccc3c(ccn3C)c2)CC1)c1ccccc1. The summed E-state index contributed by atoms with van der Waals surface area (Å²) in [4.78, 5) is 13.2. The number of aryl methyl sites for hydroxylation is 1. The molecule has 0 unspecified atom stereocenters. The van der Waals surface area contributed by atoms with Crippen LogP contribution in [-0.4, -0.2) is 38.7 Å². The predicted octanol–water partition coefficient (Wildman–Crippen LogP) is 3.52. The molecule has 0 bridgehead atoms. The van der Waals surface area contributed by atoms with Gasteiger partial charge in [-0.15, -0.1) is 0 Å². The molecule has 1 aliphatic carbocycles. The van der Waals surface area contributed by atoms with E-state index >= 15 is 0 Å². The second-order valence-electron chi connectivity index (χ2n) is 8.74. The van der Waals surface area contributed by atoms with Gasteiger partial charge in [0.25, 0.3) is 0 Å². The zero-order valence-electron chi connectivity index (χ0n) is 19.0. The van der Waals surface area contributed by atoms with Gasteiger partial charge in [0.15, 0.2) is 0 Å². The third kappa shape index (κ3) is 5.46. The highest BCUT2D eigenvalue weighted by molar-refractivity contribution is 7.89. The maximum Gasteiger partial charge on any atom is 0.240 e. The van der Waals surface area contributed by atoms with Crippen molar-refractivity contribution in [3.8, 4) is 0 Å². The molecule has 33 heavy (non-hydrogen) atoms. The number of ether oxygens (including phenoxy) is 1. The highest BCUT2D eigenvalue weighted by Crippen LogP contribution is 2.27. The van der Waals surface area contributed by atoms with E-state index in [0.717, 1.165) is 16.5 Å². The Labute approximate surface area is 195 Å². The van der Waals surface area contributed by atoms with Gasteiger partial charge < -0.3 is 14.6 Å². The van der Waals surface area contributed by atoms with Crippen LogP contribution < -0.4 is 10.0 Å². The molecule has 1 saturated carbocycles. The summed E-state index contributed by atoms with van der Waals surface area (Å²) in [6, 6.07) is 16.5. The van der Waals surface area contributed by atoms with E-state index < -0.39 is 10.0 Å². The minimum Gasteiger partial charge on any atom is -0.382 e. The van der Waals surface area contributed by atoms with Crippen LogP contribution in [0.1, 0.15) is 37.3 Å². The van der Waals surface area contributed by atoms with Crippen molar-refractivity contribution in [1.29, 1.82) is 0 Å². The van der Waals surface area contributed by atoms with E-state index in [1.54, 1.807) is 19.2 Å². The topological polar surface area (TPSA) is 89.4 Å². The highest BCUT2D eigenvalue weighted by atomic mass is 32.2. The van der Waals surface area contributed by atoms with Crippen LogP contribution in [0.25, 0.3) is 10.9 Å². The summed E-state index contributed by atoms with van der Waals surface area (Å²) < 4.78 is 36.0. The molecule has 1 aliphatic rings. The van der Waals surface area contributed by atoms with Crippen molar-refractivity contribution in [2.75, 3.05) is 13.7 Å². The van der Waals surface area contributed by atoms with Gasteiger partial charge in [-0.1, -0.05) is 30.3 Å². The standard InChI is InChI=1S/C25H31N3O4S/c1-28-15-14-20-16-22(12-13-24(20)28)33(30,31)27-21-10-8-19(9-11-21)25(29)26-23(17-32-2)18-6-4-3-5-7-18/h3-7,12-16,19,21,23,27H,8-11,17H2,1-2H3,(H,26,29)/t19-,21-,23-/m1/s1. The molecule has 7 nitrogen and oxygen atoms in total. The molecule has 8 heteroatoms. The lowest BCUT2D eigenvalue weighted by Crippen LogP contribution is -2.42. The second kappa shape index (κ2) is 10.1. The Morgan fingerprint density at radius 1 is 1.09 bits per heavy atom. The van der Waals surface area contributed by atoms with Crippen molar-refractivity contribution >= 4 is 26.8 Å². The molecule has 2 N–H and O–H groups in total. The minimum atomic E-state index is -3.62. The van der Waals surface area contributed by atoms with Crippen LogP contribution in [0.3, 0.4) is 0 Å². The summed E-state index contributed by atoms with van der Waals surface area (Å²) in [6.45, 7) is 0.399. The summed E-state index contributed by atoms with van der Waals surface area (Å²) in [5.74, 6) is -0.133. The normalized spacial score (nSPS) is 19.9. The van der Waals surface area contributed by atoms with Gasteiger partial charge in [-0.3, -0.25) is 4.79 Å². The van der Waals surface area contributed by atoms with Crippen LogP contribution in [-0.2, 0) is 26.6 Å². The number of amides is 1. The van der Waals surface area contributed by atoms with Gasteiger partial charge in [0.1, 0.15) is 0 Å². The van der Waals surface area contributed by atoms with E-state index in [0.29, 0.717) is 32.3 Å². The first-order valence-electron chi connectivity index (χ1n) is 11.3. The van der Waals surface area contributed by atoms with Crippen LogP contribution in [0.5, 0.6) is 0 Å². The highest BCUT2D eigenvalue weighted by Gasteiger charge is 2.30. The Morgan fingerprint density at radius 3 is 2.52 bits per heavy atom. The Kier molecular flexibility index (Phi) is 7.17. The summed E-state index contributed by atoms with van der Waals surface area (Å²) >= 11 is 0. The molecule has 1 aromatic heterocycles. The minimum absolute atomic E-state index is 0.00302. The Hall–Kier alpha value is -2.68. The van der Waals surface area contributed by atoms with Gasteiger partial charge >= 0.3 is 0 Å². The number of sulfonamides is 1. The molecular formula is C25H31N3O4S. The van der Waals surface area contributed by atoms with Crippen LogP contribution in [0.15, 0.2) is 65.7 Å². The van der Waals surface area contributed by atoms with E-state index in [9.17, 15) is 13.2 Å². The summed E-state index contributed by atoms with van der Waals surface area (Å²) in [5.41, 5.74) is 1.99. The number of benzene rings is 2. The van der Waals surface area contributed by atoms with E-state index in [2.05, 4.69) is 10.0 Å². The van der Waals surface area contributed by atoms with E-state index in [1.807, 2.05) is 60.3 Å². The number of hydrogen-bond donors (Lipinski definition) is 2. The van der Waals surface area contributed by atoms with Crippen LogP contribution in [0.2, 0.25) is 0 Å². The number of aromatic nitrogens is 1. The van der Waals surface area contributed by atoms with Crippen molar-refractivity contribution in [3.05, 3.63) is 66.4 Å². The predicted molar refractivity (Wildman–Crippen MR) is 128 cm³/mol. The van der Waals surface area contributed by atoms with E-state index in [-0.39, 0.29) is 28.8 Å². The molecule has 176 valence electrons. The summed E-state index contributed by atoms with van der Waals surface area (Å²) in [6.07, 6.45) is 4.46. The molecule has 0 aliphatic heterocycles. The van der Waals surface area contributed by atoms with Crippen molar-refractivity contribution < 1.29 is 17.9 Å². The lowest BCUT2D eigenvalue weighted by molar-refractivity contribution is -0.127. The number of nitrogens with one attached hydrogen (secondary N) is 2. The maximum atomic E-state index is 12.9. The van der Waals surface area contributed by atoms with Gasteiger partial charge in [-0.05, 0) is 55.5 Å². The Balaban J connectivity index is 1.34.